The van der Waals surface area contributed by atoms with E-state index in [0.717, 1.165) is 38.2 Å². The molecule has 0 radical (unpaired) electrons. The molecule has 29 heavy (non-hydrogen) atoms. The van der Waals surface area contributed by atoms with Crippen molar-refractivity contribution in [1.29, 1.82) is 0 Å². The highest BCUT2D eigenvalue weighted by atomic mass is 16.6. The molecule has 0 bridgehead atoms. The van der Waals surface area contributed by atoms with Gasteiger partial charge in [-0.1, -0.05) is 18.2 Å². The minimum atomic E-state index is -0.427. The molecule has 0 aromatic heterocycles. The summed E-state index contributed by atoms with van der Waals surface area (Å²) < 4.78 is 5.56. The highest BCUT2D eigenvalue weighted by Gasteiger charge is 2.26. The first kappa shape index (κ1) is 20.8. The molecule has 1 aliphatic rings. The van der Waals surface area contributed by atoms with E-state index in [2.05, 4.69) is 22.3 Å². The van der Waals surface area contributed by atoms with Crippen LogP contribution in [-0.4, -0.2) is 35.4 Å². The maximum Gasteiger partial charge on any atom is 0.274 e. The number of nitrogens with one attached hydrogen (secondary N) is 1. The third-order valence-electron chi connectivity index (χ3n) is 5.33. The summed E-state index contributed by atoms with van der Waals surface area (Å²) in [7, 11) is 0. The van der Waals surface area contributed by atoms with Gasteiger partial charge < -0.3 is 10.1 Å². The van der Waals surface area contributed by atoms with Crippen molar-refractivity contribution in [1.82, 2.24) is 4.90 Å². The Morgan fingerprint density at radius 1 is 1.24 bits per heavy atom. The third kappa shape index (κ3) is 5.32. The SMILES string of the molecule is CCOc1cccc(CN2CCC(C(=O)Nc3cccc([N+](=O)[O-])c3C)CC2)c1. The Hall–Kier alpha value is -2.93. The number of carbonyl (C=O) groups is 1. The smallest absolute Gasteiger partial charge is 0.274 e. The summed E-state index contributed by atoms with van der Waals surface area (Å²) in [6.45, 7) is 6.79. The zero-order valence-electron chi connectivity index (χ0n) is 16.9. The third-order valence-corrected chi connectivity index (χ3v) is 5.33. The Bertz CT molecular complexity index is 876. The normalized spacial score (nSPS) is 15.1. The molecular weight excluding hydrogens is 370 g/mol. The molecule has 1 N–H and O–H groups in total. The number of nitro groups is 1. The molecule has 1 aliphatic heterocycles. The summed E-state index contributed by atoms with van der Waals surface area (Å²) in [5.41, 5.74) is 2.22. The monoisotopic (exact) mass is 397 g/mol. The fraction of sp³-hybridized carbons (Fsp3) is 0.409. The molecule has 0 aliphatic carbocycles. The van der Waals surface area contributed by atoms with Crippen molar-refractivity contribution in [3.63, 3.8) is 0 Å². The highest BCUT2D eigenvalue weighted by molar-refractivity contribution is 5.93. The highest BCUT2D eigenvalue weighted by Crippen LogP contribution is 2.27. The minimum absolute atomic E-state index is 0.0203. The first-order valence-electron chi connectivity index (χ1n) is 9.97. The Morgan fingerprint density at radius 2 is 1.97 bits per heavy atom. The lowest BCUT2D eigenvalue weighted by Gasteiger charge is -2.31. The lowest BCUT2D eigenvalue weighted by Crippen LogP contribution is -2.37. The van der Waals surface area contributed by atoms with Crippen LogP contribution in [-0.2, 0) is 11.3 Å². The van der Waals surface area contributed by atoms with Crippen LogP contribution >= 0.6 is 0 Å². The maximum atomic E-state index is 12.7. The molecule has 2 aromatic rings. The Kier molecular flexibility index (Phi) is 6.82. The molecule has 3 rings (SSSR count). The maximum absolute atomic E-state index is 12.7. The van der Waals surface area contributed by atoms with Crippen LogP contribution in [0, 0.1) is 23.0 Å². The van der Waals surface area contributed by atoms with Crippen LogP contribution in [0.25, 0.3) is 0 Å². The second-order valence-electron chi connectivity index (χ2n) is 7.33. The predicted molar refractivity (Wildman–Crippen MR) is 112 cm³/mol. The van der Waals surface area contributed by atoms with Gasteiger partial charge in [0.1, 0.15) is 5.75 Å². The minimum Gasteiger partial charge on any atom is -0.494 e. The van der Waals surface area contributed by atoms with Crippen molar-refractivity contribution in [2.24, 2.45) is 5.92 Å². The first-order valence-corrected chi connectivity index (χ1v) is 9.97. The number of likely N-dealkylation sites (tertiary alicyclic amines) is 1. The molecule has 7 nitrogen and oxygen atoms in total. The van der Waals surface area contributed by atoms with Crippen molar-refractivity contribution in [3.8, 4) is 5.75 Å². The van der Waals surface area contributed by atoms with Gasteiger partial charge in [0, 0.05) is 18.5 Å². The van der Waals surface area contributed by atoms with Gasteiger partial charge in [-0.25, -0.2) is 0 Å². The molecule has 0 saturated carbocycles. The fourth-order valence-corrected chi connectivity index (χ4v) is 3.70. The van der Waals surface area contributed by atoms with E-state index in [-0.39, 0.29) is 17.5 Å². The number of carbonyl (C=O) groups excluding carboxylic acids is 1. The number of anilines is 1. The van der Waals surface area contributed by atoms with Crippen LogP contribution in [0.1, 0.15) is 30.9 Å². The molecule has 0 atom stereocenters. The molecule has 0 spiro atoms. The lowest BCUT2D eigenvalue weighted by molar-refractivity contribution is -0.385. The lowest BCUT2D eigenvalue weighted by atomic mass is 9.95. The Balaban J connectivity index is 1.54. The van der Waals surface area contributed by atoms with Crippen molar-refractivity contribution >= 4 is 17.3 Å². The number of amides is 1. The molecule has 2 aromatic carbocycles. The second kappa shape index (κ2) is 9.52. The number of rotatable bonds is 7. The predicted octanol–water partition coefficient (Wildman–Crippen LogP) is 4.15. The molecule has 1 saturated heterocycles. The van der Waals surface area contributed by atoms with Crippen molar-refractivity contribution in [2.45, 2.75) is 33.2 Å². The summed E-state index contributed by atoms with van der Waals surface area (Å²) in [5, 5.41) is 14.0. The van der Waals surface area contributed by atoms with Crippen molar-refractivity contribution < 1.29 is 14.5 Å². The largest absolute Gasteiger partial charge is 0.494 e. The van der Waals surface area contributed by atoms with Gasteiger partial charge in [-0.15, -0.1) is 0 Å². The van der Waals surface area contributed by atoms with Crippen molar-refractivity contribution in [3.05, 3.63) is 63.7 Å². The molecule has 7 heteroatoms. The Labute approximate surface area is 170 Å². The van der Waals surface area contributed by atoms with Gasteiger partial charge in [0.2, 0.25) is 5.91 Å². The number of benzene rings is 2. The summed E-state index contributed by atoms with van der Waals surface area (Å²) in [5.74, 6) is 0.734. The van der Waals surface area contributed by atoms with Gasteiger partial charge in [0.05, 0.1) is 22.8 Å². The quantitative estimate of drug-likeness (QED) is 0.560. The first-order chi connectivity index (χ1) is 14.0. The average molecular weight is 397 g/mol. The van der Waals surface area contributed by atoms with Gasteiger partial charge >= 0.3 is 0 Å². The van der Waals surface area contributed by atoms with E-state index in [1.807, 2.05) is 19.1 Å². The van der Waals surface area contributed by atoms with Crippen LogP contribution in [0.15, 0.2) is 42.5 Å². The number of nitro benzene ring substituents is 1. The number of nitrogens with zero attached hydrogens (tertiary/aromatic N) is 2. The molecule has 154 valence electrons. The summed E-state index contributed by atoms with van der Waals surface area (Å²) in [6, 6.07) is 12.9. The van der Waals surface area contributed by atoms with Crippen LogP contribution in [0.2, 0.25) is 0 Å². The summed E-state index contributed by atoms with van der Waals surface area (Å²) in [4.78, 5) is 25.7. The Morgan fingerprint density at radius 3 is 2.66 bits per heavy atom. The van der Waals surface area contributed by atoms with Crippen molar-refractivity contribution in [2.75, 3.05) is 25.0 Å². The fourth-order valence-electron chi connectivity index (χ4n) is 3.70. The van der Waals surface area contributed by atoms with Crippen LogP contribution in [0.5, 0.6) is 5.75 Å². The van der Waals surface area contributed by atoms with Gasteiger partial charge in [-0.3, -0.25) is 19.8 Å². The number of ether oxygens (including phenoxy) is 1. The molecule has 1 fully saturated rings. The van der Waals surface area contributed by atoms with Gasteiger partial charge in [-0.2, -0.15) is 0 Å². The molecule has 1 amide bonds. The van der Waals surface area contributed by atoms with Gasteiger partial charge in [-0.05, 0) is 63.5 Å². The van der Waals surface area contributed by atoms with Crippen LogP contribution in [0.3, 0.4) is 0 Å². The molecule has 1 heterocycles. The molecular formula is C22H27N3O4. The van der Waals surface area contributed by atoms with Crippen LogP contribution in [0.4, 0.5) is 11.4 Å². The van der Waals surface area contributed by atoms with Gasteiger partial charge in [0.15, 0.2) is 0 Å². The topological polar surface area (TPSA) is 84.7 Å². The zero-order valence-corrected chi connectivity index (χ0v) is 16.9. The van der Waals surface area contributed by atoms with E-state index in [1.54, 1.807) is 19.1 Å². The summed E-state index contributed by atoms with van der Waals surface area (Å²) in [6.07, 6.45) is 1.54. The standard InChI is InChI=1S/C22H27N3O4/c1-3-29-19-7-4-6-17(14-19)15-24-12-10-18(11-13-24)22(26)23-20-8-5-9-21(16(20)2)25(27)28/h4-9,14,18H,3,10-13,15H2,1-2H3,(H,23,26). The van der Waals surface area contributed by atoms with E-state index in [0.29, 0.717) is 17.9 Å². The average Bonchev–Trinajstić information content (AvgIpc) is 2.70. The summed E-state index contributed by atoms with van der Waals surface area (Å²) >= 11 is 0. The number of hydrogen-bond donors (Lipinski definition) is 1. The van der Waals surface area contributed by atoms with E-state index >= 15 is 0 Å². The van der Waals surface area contributed by atoms with E-state index < -0.39 is 4.92 Å². The van der Waals surface area contributed by atoms with Crippen LogP contribution < -0.4 is 10.1 Å². The second-order valence-corrected chi connectivity index (χ2v) is 7.33. The van der Waals surface area contributed by atoms with E-state index in [1.165, 1.54) is 11.6 Å². The van der Waals surface area contributed by atoms with E-state index in [9.17, 15) is 14.9 Å². The zero-order chi connectivity index (χ0) is 20.8. The number of hydrogen-bond acceptors (Lipinski definition) is 5. The molecule has 0 unspecified atom stereocenters. The number of piperidine rings is 1. The van der Waals surface area contributed by atoms with Gasteiger partial charge in [0.25, 0.3) is 5.69 Å². The van der Waals surface area contributed by atoms with E-state index in [4.69, 9.17) is 4.74 Å².